The van der Waals surface area contributed by atoms with Crippen molar-refractivity contribution in [3.8, 4) is 0 Å². The molecule has 0 spiro atoms. The highest BCUT2D eigenvalue weighted by atomic mass is 32.2. The number of carboxylic acid groups (broad SMARTS) is 1. The maximum Gasteiger partial charge on any atom is 0.446 e. The molecule has 1 saturated heterocycles. The van der Waals surface area contributed by atoms with Crippen molar-refractivity contribution < 1.29 is 32.7 Å². The van der Waals surface area contributed by atoms with Crippen LogP contribution >= 0.6 is 23.5 Å². The average molecular weight is 427 g/mol. The summed E-state index contributed by atoms with van der Waals surface area (Å²) < 4.78 is 38.4. The van der Waals surface area contributed by atoms with Crippen LogP contribution in [0.3, 0.4) is 0 Å². The van der Waals surface area contributed by atoms with Gasteiger partial charge in [-0.05, 0) is 36.0 Å². The Morgan fingerprint density at radius 2 is 1.64 bits per heavy atom. The number of hydrogen-bond acceptors (Lipinski definition) is 5. The molecule has 2 amide bonds. The highest BCUT2D eigenvalue weighted by molar-refractivity contribution is 8.01. The molecule has 5 nitrogen and oxygen atoms in total. The van der Waals surface area contributed by atoms with Gasteiger partial charge >= 0.3 is 11.5 Å². The number of para-hydroxylation sites is 1. The van der Waals surface area contributed by atoms with Crippen LogP contribution in [0.15, 0.2) is 58.3 Å². The quantitative estimate of drug-likeness (QED) is 0.563. The second-order valence-electron chi connectivity index (χ2n) is 5.69. The number of amides is 2. The van der Waals surface area contributed by atoms with Crippen molar-refractivity contribution in [1.82, 2.24) is 0 Å². The molecule has 28 heavy (non-hydrogen) atoms. The molecule has 0 bridgehead atoms. The maximum absolute atomic E-state index is 12.8. The molecule has 0 aliphatic carbocycles. The molecule has 0 radical (unpaired) electrons. The van der Waals surface area contributed by atoms with E-state index in [2.05, 4.69) is 0 Å². The maximum atomic E-state index is 12.8. The molecule has 0 saturated carbocycles. The lowest BCUT2D eigenvalue weighted by molar-refractivity contribution is -0.121. The summed E-state index contributed by atoms with van der Waals surface area (Å²) in [7, 11) is 0. The fourth-order valence-electron chi connectivity index (χ4n) is 2.70. The third kappa shape index (κ3) is 4.33. The number of hydrogen-bond donors (Lipinski definition) is 1. The van der Waals surface area contributed by atoms with Crippen LogP contribution in [0.4, 0.5) is 18.9 Å². The second-order valence-corrected chi connectivity index (χ2v) is 8.05. The minimum Gasteiger partial charge on any atom is -0.478 e. The number of halogens is 3. The SMILES string of the molecule is O=C(O)c1ccccc1S[C@@H]1CC(=O)N(c2ccccc2SC(F)(F)F)C1=O. The summed E-state index contributed by atoms with van der Waals surface area (Å²) in [4.78, 5) is 37.3. The number of benzene rings is 2. The Hall–Kier alpha value is -2.46. The van der Waals surface area contributed by atoms with Crippen LogP contribution in [0.5, 0.6) is 0 Å². The molecule has 146 valence electrons. The predicted molar refractivity (Wildman–Crippen MR) is 98.5 cm³/mol. The molecule has 0 aromatic heterocycles. The van der Waals surface area contributed by atoms with E-state index in [4.69, 9.17) is 0 Å². The van der Waals surface area contributed by atoms with Gasteiger partial charge in [-0.1, -0.05) is 24.3 Å². The third-order valence-electron chi connectivity index (χ3n) is 3.82. The summed E-state index contributed by atoms with van der Waals surface area (Å²) in [6.45, 7) is 0. The largest absolute Gasteiger partial charge is 0.478 e. The first-order valence-electron chi connectivity index (χ1n) is 7.88. The topological polar surface area (TPSA) is 74.7 Å². The van der Waals surface area contributed by atoms with E-state index in [9.17, 15) is 32.7 Å². The molecule has 2 aromatic carbocycles. The van der Waals surface area contributed by atoms with Gasteiger partial charge in [-0.15, -0.1) is 11.8 Å². The van der Waals surface area contributed by atoms with Crippen LogP contribution in [0.1, 0.15) is 16.8 Å². The van der Waals surface area contributed by atoms with Gasteiger partial charge in [0.25, 0.3) is 0 Å². The van der Waals surface area contributed by atoms with Crippen LogP contribution in [-0.2, 0) is 9.59 Å². The fraction of sp³-hybridized carbons (Fsp3) is 0.167. The monoisotopic (exact) mass is 427 g/mol. The smallest absolute Gasteiger partial charge is 0.446 e. The van der Waals surface area contributed by atoms with Gasteiger partial charge in [0.15, 0.2) is 0 Å². The van der Waals surface area contributed by atoms with E-state index in [-0.39, 0.29) is 22.6 Å². The third-order valence-corrected chi connectivity index (χ3v) is 5.88. The highest BCUT2D eigenvalue weighted by Gasteiger charge is 2.42. The number of thioether (sulfide) groups is 2. The first-order valence-corrected chi connectivity index (χ1v) is 9.57. The number of carboxylic acids is 1. The Morgan fingerprint density at radius 3 is 2.29 bits per heavy atom. The van der Waals surface area contributed by atoms with Gasteiger partial charge in [-0.2, -0.15) is 13.2 Å². The van der Waals surface area contributed by atoms with Crippen LogP contribution in [0, 0.1) is 0 Å². The highest BCUT2D eigenvalue weighted by Crippen LogP contribution is 2.43. The molecule has 1 aliphatic heterocycles. The van der Waals surface area contributed by atoms with Crippen LogP contribution in [0.25, 0.3) is 0 Å². The molecule has 1 atom stereocenters. The molecule has 10 heteroatoms. The van der Waals surface area contributed by atoms with Crippen molar-refractivity contribution in [2.75, 3.05) is 4.90 Å². The first kappa shape index (κ1) is 20.3. The minimum atomic E-state index is -4.57. The molecule has 1 aliphatic rings. The summed E-state index contributed by atoms with van der Waals surface area (Å²) in [5.74, 6) is -2.49. The zero-order valence-corrected chi connectivity index (χ0v) is 15.6. The Bertz CT molecular complexity index is 948. The molecule has 1 N–H and O–H groups in total. The van der Waals surface area contributed by atoms with Gasteiger partial charge in [0.05, 0.1) is 16.5 Å². The Morgan fingerprint density at radius 1 is 1.04 bits per heavy atom. The van der Waals surface area contributed by atoms with Gasteiger partial charge in [0.1, 0.15) is 0 Å². The molecule has 1 fully saturated rings. The van der Waals surface area contributed by atoms with Gasteiger partial charge < -0.3 is 5.11 Å². The summed E-state index contributed by atoms with van der Waals surface area (Å²) in [5, 5.41) is 8.33. The Labute approximate surface area is 165 Å². The average Bonchev–Trinajstić information content (AvgIpc) is 2.88. The van der Waals surface area contributed by atoms with Crippen molar-refractivity contribution in [1.29, 1.82) is 0 Å². The van der Waals surface area contributed by atoms with Crippen LogP contribution in [0.2, 0.25) is 0 Å². The molecule has 2 aromatic rings. The predicted octanol–water partition coefficient (Wildman–Crippen LogP) is 4.42. The van der Waals surface area contributed by atoms with E-state index in [0.717, 1.165) is 16.7 Å². The van der Waals surface area contributed by atoms with E-state index in [0.29, 0.717) is 4.90 Å². The number of imide groups is 1. The van der Waals surface area contributed by atoms with Crippen molar-refractivity contribution in [2.24, 2.45) is 0 Å². The van der Waals surface area contributed by atoms with E-state index in [1.807, 2.05) is 0 Å². The van der Waals surface area contributed by atoms with Crippen LogP contribution in [-0.4, -0.2) is 33.6 Å². The van der Waals surface area contributed by atoms with Gasteiger partial charge in [0.2, 0.25) is 11.8 Å². The van der Waals surface area contributed by atoms with Gasteiger partial charge in [-0.3, -0.25) is 9.59 Å². The number of carbonyl (C=O) groups is 3. The molecule has 0 unspecified atom stereocenters. The Kier molecular flexibility index (Phi) is 5.71. The Balaban J connectivity index is 1.89. The molecular formula is C18H12F3NO4S2. The minimum absolute atomic E-state index is 0.0146. The van der Waals surface area contributed by atoms with Crippen molar-refractivity contribution >= 4 is 47.0 Å². The summed E-state index contributed by atoms with van der Waals surface area (Å²) in [6.07, 6.45) is -0.234. The lowest BCUT2D eigenvalue weighted by Gasteiger charge is -2.19. The lowest BCUT2D eigenvalue weighted by atomic mass is 10.2. The second kappa shape index (κ2) is 7.88. The fourth-order valence-corrected chi connectivity index (χ4v) is 4.54. The van der Waals surface area contributed by atoms with Crippen molar-refractivity contribution in [3.63, 3.8) is 0 Å². The van der Waals surface area contributed by atoms with E-state index in [1.54, 1.807) is 6.07 Å². The van der Waals surface area contributed by atoms with E-state index < -0.39 is 40.3 Å². The standard InChI is InChI=1S/C18H12F3NO4S2/c19-18(20,21)28-13-8-4-2-6-11(13)22-15(23)9-14(16(22)24)27-12-7-3-1-5-10(12)17(25)26/h1-8,14H,9H2,(H,25,26)/t14-/m1/s1. The number of aromatic carboxylic acids is 1. The summed E-state index contributed by atoms with van der Waals surface area (Å²) in [5.41, 5.74) is -4.72. The van der Waals surface area contributed by atoms with Crippen molar-refractivity contribution in [2.45, 2.75) is 27.0 Å². The van der Waals surface area contributed by atoms with Crippen LogP contribution < -0.4 is 4.90 Å². The zero-order valence-electron chi connectivity index (χ0n) is 14.0. The van der Waals surface area contributed by atoms with Gasteiger partial charge in [-0.25, -0.2) is 9.69 Å². The van der Waals surface area contributed by atoms with Crippen molar-refractivity contribution in [3.05, 3.63) is 54.1 Å². The zero-order chi connectivity index (χ0) is 20.5. The molecule has 3 rings (SSSR count). The van der Waals surface area contributed by atoms with Gasteiger partial charge in [0, 0.05) is 16.2 Å². The van der Waals surface area contributed by atoms with E-state index >= 15 is 0 Å². The lowest BCUT2D eigenvalue weighted by Crippen LogP contribution is -2.31. The first-order chi connectivity index (χ1) is 13.2. The van der Waals surface area contributed by atoms with E-state index in [1.165, 1.54) is 42.5 Å². The summed E-state index contributed by atoms with van der Waals surface area (Å²) in [6, 6.07) is 11.3. The molecule has 1 heterocycles. The number of alkyl halides is 3. The summed E-state index contributed by atoms with van der Waals surface area (Å²) >= 11 is 0.513. The number of rotatable bonds is 5. The molecular weight excluding hydrogens is 415 g/mol. The number of anilines is 1. The number of nitrogens with zero attached hydrogens (tertiary/aromatic N) is 1. The number of carbonyl (C=O) groups excluding carboxylic acids is 2. The normalized spacial score (nSPS) is 17.2.